The summed E-state index contributed by atoms with van der Waals surface area (Å²) in [6.45, 7) is 1.27. The molecule has 0 aliphatic rings. The molecule has 2 nitrogen and oxygen atoms in total. The van der Waals surface area contributed by atoms with Crippen molar-refractivity contribution in [3.63, 3.8) is 0 Å². The molecule has 0 atom stereocenters. The Kier molecular flexibility index (Phi) is 6.20. The molecule has 0 saturated carbocycles. The van der Waals surface area contributed by atoms with Gasteiger partial charge in [0.05, 0.1) is 6.54 Å². The number of ether oxygens (including phenoxy) is 1. The lowest BCUT2D eigenvalue weighted by atomic mass is 10.3. The van der Waals surface area contributed by atoms with E-state index in [1.165, 1.54) is 0 Å². The fraction of sp³-hybridized carbons (Fsp3) is 1.00. The van der Waals surface area contributed by atoms with Crippen LogP contribution in [0.2, 0.25) is 0 Å². The Labute approximate surface area is 72.1 Å². The van der Waals surface area contributed by atoms with Crippen molar-refractivity contribution < 1.29 is 13.5 Å². The van der Waals surface area contributed by atoms with E-state index in [9.17, 15) is 8.78 Å². The zero-order chi connectivity index (χ0) is 9.45. The van der Waals surface area contributed by atoms with Gasteiger partial charge in [-0.2, -0.15) is 0 Å². The Balaban J connectivity index is 3.19. The van der Waals surface area contributed by atoms with Crippen LogP contribution in [0.3, 0.4) is 0 Å². The SMILES string of the molecule is CCCCCOCC(F)(F)CN. The zero-order valence-electron chi connectivity index (χ0n) is 7.48. The van der Waals surface area contributed by atoms with Crippen LogP contribution in [0, 0.1) is 0 Å². The predicted molar refractivity (Wildman–Crippen MR) is 44.3 cm³/mol. The van der Waals surface area contributed by atoms with Gasteiger partial charge in [-0.05, 0) is 6.42 Å². The number of alkyl halides is 2. The quantitative estimate of drug-likeness (QED) is 0.608. The largest absolute Gasteiger partial charge is 0.375 e. The Morgan fingerprint density at radius 3 is 2.50 bits per heavy atom. The summed E-state index contributed by atoms with van der Waals surface area (Å²) in [7, 11) is 0. The summed E-state index contributed by atoms with van der Waals surface area (Å²) in [5.74, 6) is -2.85. The molecule has 0 aromatic carbocycles. The van der Waals surface area contributed by atoms with Gasteiger partial charge < -0.3 is 10.5 Å². The van der Waals surface area contributed by atoms with Crippen LogP contribution in [0.1, 0.15) is 26.2 Å². The zero-order valence-corrected chi connectivity index (χ0v) is 7.48. The molecule has 0 aliphatic heterocycles. The fourth-order valence-corrected chi connectivity index (χ4v) is 0.735. The van der Waals surface area contributed by atoms with E-state index < -0.39 is 19.1 Å². The monoisotopic (exact) mass is 181 g/mol. The van der Waals surface area contributed by atoms with Gasteiger partial charge in [-0.25, -0.2) is 8.78 Å². The summed E-state index contributed by atoms with van der Waals surface area (Å²) in [6, 6.07) is 0. The van der Waals surface area contributed by atoms with Gasteiger partial charge in [-0.3, -0.25) is 0 Å². The first-order valence-electron chi connectivity index (χ1n) is 4.28. The summed E-state index contributed by atoms with van der Waals surface area (Å²) in [4.78, 5) is 0. The smallest absolute Gasteiger partial charge is 0.282 e. The van der Waals surface area contributed by atoms with Crippen molar-refractivity contribution in [2.24, 2.45) is 5.73 Å². The van der Waals surface area contributed by atoms with E-state index in [-0.39, 0.29) is 0 Å². The first-order chi connectivity index (χ1) is 5.62. The number of halogens is 2. The molecule has 2 N–H and O–H groups in total. The topological polar surface area (TPSA) is 35.2 Å². The molecular formula is C8H17F2NO. The average Bonchev–Trinajstić information content (AvgIpc) is 2.04. The lowest BCUT2D eigenvalue weighted by molar-refractivity contribution is -0.0697. The maximum absolute atomic E-state index is 12.4. The van der Waals surface area contributed by atoms with Crippen molar-refractivity contribution in [3.05, 3.63) is 0 Å². The maximum atomic E-state index is 12.4. The molecule has 0 amide bonds. The van der Waals surface area contributed by atoms with E-state index in [1.807, 2.05) is 0 Å². The van der Waals surface area contributed by atoms with Crippen LogP contribution >= 0.6 is 0 Å². The molecule has 74 valence electrons. The van der Waals surface area contributed by atoms with Crippen LogP contribution in [0.4, 0.5) is 8.78 Å². The molecule has 0 saturated heterocycles. The van der Waals surface area contributed by atoms with Gasteiger partial charge in [0.15, 0.2) is 0 Å². The summed E-state index contributed by atoms with van der Waals surface area (Å²) in [5, 5.41) is 0. The summed E-state index contributed by atoms with van der Waals surface area (Å²) in [5.41, 5.74) is 4.82. The van der Waals surface area contributed by atoms with Crippen LogP contribution in [0.5, 0.6) is 0 Å². The lowest BCUT2D eigenvalue weighted by Crippen LogP contribution is -2.33. The lowest BCUT2D eigenvalue weighted by Gasteiger charge is -2.13. The van der Waals surface area contributed by atoms with Crippen LogP contribution in [-0.2, 0) is 4.74 Å². The van der Waals surface area contributed by atoms with E-state index in [1.54, 1.807) is 0 Å². The average molecular weight is 181 g/mol. The molecule has 0 rings (SSSR count). The molecule has 0 fully saturated rings. The highest BCUT2D eigenvalue weighted by atomic mass is 19.3. The minimum Gasteiger partial charge on any atom is -0.375 e. The highest BCUT2D eigenvalue weighted by Gasteiger charge is 2.26. The minimum atomic E-state index is -2.85. The molecule has 0 aromatic heterocycles. The maximum Gasteiger partial charge on any atom is 0.282 e. The van der Waals surface area contributed by atoms with Crippen LogP contribution in [0.15, 0.2) is 0 Å². The van der Waals surface area contributed by atoms with Crippen molar-refractivity contribution >= 4 is 0 Å². The van der Waals surface area contributed by atoms with Crippen molar-refractivity contribution in [3.8, 4) is 0 Å². The number of unbranched alkanes of at least 4 members (excludes halogenated alkanes) is 2. The summed E-state index contributed by atoms with van der Waals surface area (Å²) in [6.07, 6.45) is 2.93. The van der Waals surface area contributed by atoms with Crippen LogP contribution in [-0.4, -0.2) is 25.7 Å². The van der Waals surface area contributed by atoms with Gasteiger partial charge in [0, 0.05) is 6.61 Å². The van der Waals surface area contributed by atoms with E-state index in [0.29, 0.717) is 6.61 Å². The van der Waals surface area contributed by atoms with Gasteiger partial charge in [0.2, 0.25) is 0 Å². The third kappa shape index (κ3) is 6.49. The molecule has 4 heteroatoms. The van der Waals surface area contributed by atoms with Crippen LogP contribution < -0.4 is 5.73 Å². The van der Waals surface area contributed by atoms with Gasteiger partial charge in [0.25, 0.3) is 5.92 Å². The fourth-order valence-electron chi connectivity index (χ4n) is 0.735. The number of rotatable bonds is 7. The molecule has 0 spiro atoms. The molecule has 0 aliphatic carbocycles. The van der Waals surface area contributed by atoms with Gasteiger partial charge >= 0.3 is 0 Å². The van der Waals surface area contributed by atoms with Crippen molar-refractivity contribution in [1.82, 2.24) is 0 Å². The minimum absolute atomic E-state index is 0.406. The van der Waals surface area contributed by atoms with E-state index in [2.05, 4.69) is 6.92 Å². The highest BCUT2D eigenvalue weighted by Crippen LogP contribution is 2.11. The molecule has 0 radical (unpaired) electrons. The Morgan fingerprint density at radius 1 is 1.33 bits per heavy atom. The van der Waals surface area contributed by atoms with E-state index in [0.717, 1.165) is 19.3 Å². The van der Waals surface area contributed by atoms with E-state index >= 15 is 0 Å². The third-order valence-corrected chi connectivity index (χ3v) is 1.50. The summed E-state index contributed by atoms with van der Waals surface area (Å²) >= 11 is 0. The Bertz CT molecular complexity index is 109. The number of hydrogen-bond donors (Lipinski definition) is 1. The first-order valence-corrected chi connectivity index (χ1v) is 4.28. The molecule has 0 heterocycles. The molecule has 0 bridgehead atoms. The predicted octanol–water partition coefficient (Wildman–Crippen LogP) is 1.79. The van der Waals surface area contributed by atoms with Gasteiger partial charge in [-0.1, -0.05) is 19.8 Å². The first kappa shape index (κ1) is 11.8. The van der Waals surface area contributed by atoms with Crippen molar-refractivity contribution in [2.45, 2.75) is 32.1 Å². The molecule has 0 unspecified atom stereocenters. The third-order valence-electron chi connectivity index (χ3n) is 1.50. The van der Waals surface area contributed by atoms with E-state index in [4.69, 9.17) is 10.5 Å². The number of nitrogens with two attached hydrogens (primary N) is 1. The van der Waals surface area contributed by atoms with Crippen molar-refractivity contribution in [2.75, 3.05) is 19.8 Å². The van der Waals surface area contributed by atoms with Gasteiger partial charge in [-0.15, -0.1) is 0 Å². The second kappa shape index (κ2) is 6.31. The second-order valence-corrected chi connectivity index (χ2v) is 2.82. The second-order valence-electron chi connectivity index (χ2n) is 2.82. The molecule has 12 heavy (non-hydrogen) atoms. The summed E-state index contributed by atoms with van der Waals surface area (Å²) < 4.78 is 29.6. The van der Waals surface area contributed by atoms with Crippen molar-refractivity contribution in [1.29, 1.82) is 0 Å². The Hall–Kier alpha value is -0.220. The van der Waals surface area contributed by atoms with Crippen LogP contribution in [0.25, 0.3) is 0 Å². The van der Waals surface area contributed by atoms with Gasteiger partial charge in [0.1, 0.15) is 6.61 Å². The normalized spacial score (nSPS) is 12.0. The Morgan fingerprint density at radius 2 is 2.00 bits per heavy atom. The highest BCUT2D eigenvalue weighted by molar-refractivity contribution is 4.64. The molecule has 0 aromatic rings. The molecular weight excluding hydrogens is 164 g/mol. The number of hydrogen-bond acceptors (Lipinski definition) is 2. The standard InChI is InChI=1S/C8H17F2NO/c1-2-3-4-5-12-7-8(9,10)6-11/h2-7,11H2,1H3.